The Bertz CT molecular complexity index is 548. The molecule has 2 N–H and O–H groups in total. The van der Waals surface area contributed by atoms with E-state index in [-0.39, 0.29) is 0 Å². The summed E-state index contributed by atoms with van der Waals surface area (Å²) >= 11 is 0. The fourth-order valence-corrected chi connectivity index (χ4v) is 2.14. The third-order valence-corrected chi connectivity index (χ3v) is 3.23. The van der Waals surface area contributed by atoms with Gasteiger partial charge in [-0.3, -0.25) is 0 Å². The van der Waals surface area contributed by atoms with E-state index in [9.17, 15) is 0 Å². The largest absolute Gasteiger partial charge is 0.399 e. The molecule has 88 valence electrons. The minimum absolute atomic E-state index is 0.743. The first-order valence-corrected chi connectivity index (χ1v) is 5.95. The maximum Gasteiger partial charge on any atom is 0.139 e. The molecule has 1 aromatic carbocycles. The molecule has 1 fully saturated rings. The second-order valence-electron chi connectivity index (χ2n) is 4.80. The summed E-state index contributed by atoms with van der Waals surface area (Å²) < 4.78 is 0. The fraction of sp³-hybridized carbons (Fsp3) is 0.385. The normalized spacial score (nSPS) is 15.1. The SMILES string of the molecule is CN(CC1CC1)c1ncnc2cc(N)ccc12. The quantitative estimate of drug-likeness (QED) is 0.817. The van der Waals surface area contributed by atoms with E-state index in [0.717, 1.165) is 34.9 Å². The van der Waals surface area contributed by atoms with Crippen LogP contribution in [0.25, 0.3) is 10.9 Å². The van der Waals surface area contributed by atoms with Crippen molar-refractivity contribution in [3.05, 3.63) is 24.5 Å². The zero-order chi connectivity index (χ0) is 11.8. The van der Waals surface area contributed by atoms with Crippen molar-refractivity contribution in [2.75, 3.05) is 24.2 Å². The third kappa shape index (κ3) is 2.02. The number of aromatic nitrogens is 2. The standard InChI is InChI=1S/C13H16N4/c1-17(7-9-2-3-9)13-11-5-4-10(14)6-12(11)15-8-16-13/h4-6,8-9H,2-3,7,14H2,1H3. The van der Waals surface area contributed by atoms with Crippen LogP contribution in [0, 0.1) is 5.92 Å². The Morgan fingerprint density at radius 3 is 2.94 bits per heavy atom. The van der Waals surface area contributed by atoms with Gasteiger partial charge in [0.25, 0.3) is 0 Å². The zero-order valence-corrected chi connectivity index (χ0v) is 9.93. The van der Waals surface area contributed by atoms with Gasteiger partial charge in [0.2, 0.25) is 0 Å². The summed E-state index contributed by atoms with van der Waals surface area (Å²) in [5.74, 6) is 1.85. The Labute approximate surface area is 100 Å². The number of fused-ring (bicyclic) bond motifs is 1. The lowest BCUT2D eigenvalue weighted by Gasteiger charge is -2.19. The lowest BCUT2D eigenvalue weighted by molar-refractivity contribution is 0.779. The van der Waals surface area contributed by atoms with Crippen LogP contribution >= 0.6 is 0 Å². The smallest absolute Gasteiger partial charge is 0.139 e. The number of nitrogens with zero attached hydrogens (tertiary/aromatic N) is 3. The first-order chi connectivity index (χ1) is 8.24. The van der Waals surface area contributed by atoms with Crippen molar-refractivity contribution >= 4 is 22.4 Å². The molecule has 1 aliphatic carbocycles. The van der Waals surface area contributed by atoms with Gasteiger partial charge < -0.3 is 10.6 Å². The van der Waals surface area contributed by atoms with Gasteiger partial charge in [0.05, 0.1) is 5.52 Å². The lowest BCUT2D eigenvalue weighted by Crippen LogP contribution is -2.21. The second kappa shape index (κ2) is 3.87. The molecular weight excluding hydrogens is 212 g/mol. The van der Waals surface area contributed by atoms with Gasteiger partial charge in [0, 0.05) is 24.7 Å². The van der Waals surface area contributed by atoms with Gasteiger partial charge in [-0.15, -0.1) is 0 Å². The average molecular weight is 228 g/mol. The van der Waals surface area contributed by atoms with Gasteiger partial charge >= 0.3 is 0 Å². The van der Waals surface area contributed by atoms with Crippen LogP contribution in [0.5, 0.6) is 0 Å². The van der Waals surface area contributed by atoms with Crippen molar-refractivity contribution in [2.45, 2.75) is 12.8 Å². The number of nitrogens with two attached hydrogens (primary N) is 1. The van der Waals surface area contributed by atoms with Gasteiger partial charge in [-0.05, 0) is 37.0 Å². The summed E-state index contributed by atoms with van der Waals surface area (Å²) in [7, 11) is 2.09. The molecule has 17 heavy (non-hydrogen) atoms. The van der Waals surface area contributed by atoms with Gasteiger partial charge in [-0.1, -0.05) is 0 Å². The molecule has 0 atom stereocenters. The zero-order valence-electron chi connectivity index (χ0n) is 9.93. The number of rotatable bonds is 3. The van der Waals surface area contributed by atoms with Crippen molar-refractivity contribution in [1.82, 2.24) is 9.97 Å². The molecule has 2 aromatic rings. The fourth-order valence-electron chi connectivity index (χ4n) is 2.14. The highest BCUT2D eigenvalue weighted by molar-refractivity contribution is 5.91. The Balaban J connectivity index is 2.02. The molecule has 0 aliphatic heterocycles. The van der Waals surface area contributed by atoms with Gasteiger partial charge in [-0.2, -0.15) is 0 Å². The molecule has 0 unspecified atom stereocenters. The minimum Gasteiger partial charge on any atom is -0.399 e. The van der Waals surface area contributed by atoms with Crippen molar-refractivity contribution in [2.24, 2.45) is 5.92 Å². The summed E-state index contributed by atoms with van der Waals surface area (Å²) in [6.07, 6.45) is 4.31. The van der Waals surface area contributed by atoms with Crippen molar-refractivity contribution in [1.29, 1.82) is 0 Å². The summed E-state index contributed by atoms with van der Waals surface area (Å²) in [6.45, 7) is 1.08. The lowest BCUT2D eigenvalue weighted by atomic mass is 10.2. The topological polar surface area (TPSA) is 55.0 Å². The Kier molecular flexibility index (Phi) is 2.35. The second-order valence-corrected chi connectivity index (χ2v) is 4.80. The average Bonchev–Trinajstić information content (AvgIpc) is 3.11. The highest BCUT2D eigenvalue weighted by Crippen LogP contribution is 2.32. The maximum atomic E-state index is 5.77. The molecule has 0 amide bonds. The Morgan fingerprint density at radius 2 is 2.18 bits per heavy atom. The van der Waals surface area contributed by atoms with Crippen LogP contribution in [0.2, 0.25) is 0 Å². The molecule has 1 saturated carbocycles. The Hall–Kier alpha value is -1.84. The molecule has 0 saturated heterocycles. The van der Waals surface area contributed by atoms with Crippen molar-refractivity contribution in [3.8, 4) is 0 Å². The number of benzene rings is 1. The van der Waals surface area contributed by atoms with E-state index < -0.39 is 0 Å². The molecule has 4 heteroatoms. The van der Waals surface area contributed by atoms with E-state index in [1.165, 1.54) is 12.8 Å². The number of anilines is 2. The highest BCUT2D eigenvalue weighted by atomic mass is 15.2. The molecular formula is C13H16N4. The maximum absolute atomic E-state index is 5.77. The van der Waals surface area contributed by atoms with Crippen molar-refractivity contribution in [3.63, 3.8) is 0 Å². The van der Waals surface area contributed by atoms with Crippen LogP contribution in [0.1, 0.15) is 12.8 Å². The number of hydrogen-bond donors (Lipinski definition) is 1. The minimum atomic E-state index is 0.743. The first kappa shape index (κ1) is 10.3. The van der Waals surface area contributed by atoms with Crippen LogP contribution in [0.15, 0.2) is 24.5 Å². The van der Waals surface area contributed by atoms with E-state index in [2.05, 4.69) is 21.9 Å². The van der Waals surface area contributed by atoms with Gasteiger partial charge in [0.15, 0.2) is 0 Å². The molecule has 4 nitrogen and oxygen atoms in total. The van der Waals surface area contributed by atoms with Crippen LogP contribution < -0.4 is 10.6 Å². The monoisotopic (exact) mass is 228 g/mol. The molecule has 0 bridgehead atoms. The molecule has 1 aliphatic rings. The van der Waals surface area contributed by atoms with E-state index in [1.54, 1.807) is 6.33 Å². The number of nitrogen functional groups attached to an aromatic ring is 1. The van der Waals surface area contributed by atoms with E-state index >= 15 is 0 Å². The van der Waals surface area contributed by atoms with Gasteiger partial charge in [0.1, 0.15) is 12.1 Å². The van der Waals surface area contributed by atoms with Crippen LogP contribution in [-0.2, 0) is 0 Å². The summed E-state index contributed by atoms with van der Waals surface area (Å²) in [4.78, 5) is 10.9. The molecule has 1 aromatic heterocycles. The van der Waals surface area contributed by atoms with E-state index in [0.29, 0.717) is 0 Å². The molecule has 0 radical (unpaired) electrons. The third-order valence-electron chi connectivity index (χ3n) is 3.23. The highest BCUT2D eigenvalue weighted by Gasteiger charge is 2.24. The molecule has 1 heterocycles. The number of hydrogen-bond acceptors (Lipinski definition) is 4. The van der Waals surface area contributed by atoms with Crippen molar-refractivity contribution < 1.29 is 0 Å². The van der Waals surface area contributed by atoms with Gasteiger partial charge in [-0.25, -0.2) is 9.97 Å². The predicted octanol–water partition coefficient (Wildman–Crippen LogP) is 2.06. The van der Waals surface area contributed by atoms with E-state index in [1.807, 2.05) is 18.2 Å². The first-order valence-electron chi connectivity index (χ1n) is 5.95. The van der Waals surface area contributed by atoms with Crippen LogP contribution in [0.4, 0.5) is 11.5 Å². The van der Waals surface area contributed by atoms with Crippen LogP contribution in [-0.4, -0.2) is 23.6 Å². The molecule has 0 spiro atoms. The summed E-state index contributed by atoms with van der Waals surface area (Å²) in [6, 6.07) is 5.80. The predicted molar refractivity (Wildman–Crippen MR) is 69.9 cm³/mol. The summed E-state index contributed by atoms with van der Waals surface area (Å²) in [5.41, 5.74) is 7.42. The molecule has 3 rings (SSSR count). The Morgan fingerprint density at radius 1 is 1.35 bits per heavy atom. The van der Waals surface area contributed by atoms with Crippen LogP contribution in [0.3, 0.4) is 0 Å². The van der Waals surface area contributed by atoms with E-state index in [4.69, 9.17) is 5.73 Å². The summed E-state index contributed by atoms with van der Waals surface area (Å²) in [5, 5.41) is 1.07.